The first-order chi connectivity index (χ1) is 6.25. The summed E-state index contributed by atoms with van der Waals surface area (Å²) >= 11 is 1.73. The van der Waals surface area contributed by atoms with Crippen molar-refractivity contribution in [3.63, 3.8) is 0 Å². The van der Waals surface area contributed by atoms with Gasteiger partial charge in [0.15, 0.2) is 0 Å². The molecule has 0 aliphatic heterocycles. The third-order valence-electron chi connectivity index (χ3n) is 1.68. The largest absolute Gasteiger partial charge is 0.218 e. The molecule has 0 saturated carbocycles. The van der Waals surface area contributed by atoms with Gasteiger partial charge in [-0.1, -0.05) is 25.1 Å². The van der Waals surface area contributed by atoms with Crippen molar-refractivity contribution in [2.24, 2.45) is 0 Å². The van der Waals surface area contributed by atoms with Gasteiger partial charge in [-0.05, 0) is 30.7 Å². The van der Waals surface area contributed by atoms with Crippen molar-refractivity contribution in [1.82, 2.24) is 20.2 Å². The lowest BCUT2D eigenvalue weighted by Gasteiger charge is -2.06. The summed E-state index contributed by atoms with van der Waals surface area (Å²) in [5.41, 5.74) is 0. The van der Waals surface area contributed by atoms with Crippen LogP contribution in [-0.2, 0) is 0 Å². The van der Waals surface area contributed by atoms with E-state index < -0.39 is 0 Å². The lowest BCUT2D eigenvalue weighted by atomic mass is 10.4. The Hall–Kier alpha value is -0.580. The van der Waals surface area contributed by atoms with Gasteiger partial charge in [0.1, 0.15) is 0 Å². The lowest BCUT2D eigenvalue weighted by molar-refractivity contribution is 0.477. The zero-order valence-electron chi connectivity index (χ0n) is 8.40. The molecule has 0 N–H and O–H groups in total. The molecule has 0 unspecified atom stereocenters. The zero-order valence-corrected chi connectivity index (χ0v) is 9.21. The zero-order chi connectivity index (χ0) is 9.68. The summed E-state index contributed by atoms with van der Waals surface area (Å²) in [5.74, 6) is 1.10. The summed E-state index contributed by atoms with van der Waals surface area (Å²) in [7, 11) is 0. The molecule has 0 spiro atoms. The number of hydrogen-bond donors (Lipinski definition) is 0. The number of tetrazole rings is 1. The molecule has 0 bridgehead atoms. The molecule has 0 aromatic carbocycles. The fourth-order valence-corrected chi connectivity index (χ4v) is 2.00. The average molecular weight is 200 g/mol. The smallest absolute Gasteiger partial charge is 0.209 e. The predicted octanol–water partition coefficient (Wildman–Crippen LogP) is 2.15. The van der Waals surface area contributed by atoms with E-state index in [0.717, 1.165) is 10.9 Å². The third-order valence-corrected chi connectivity index (χ3v) is 2.70. The summed E-state index contributed by atoms with van der Waals surface area (Å²) in [6.07, 6.45) is 2.44. The Bertz CT molecular complexity index is 246. The fourth-order valence-electron chi connectivity index (χ4n) is 0.912. The van der Waals surface area contributed by atoms with Crippen molar-refractivity contribution in [2.45, 2.75) is 44.8 Å². The second-order valence-corrected chi connectivity index (χ2v) is 4.26. The van der Waals surface area contributed by atoms with E-state index in [2.05, 4.69) is 36.3 Å². The van der Waals surface area contributed by atoms with Crippen LogP contribution in [0.5, 0.6) is 0 Å². The molecule has 1 aromatic rings. The third kappa shape index (κ3) is 2.99. The number of rotatable bonds is 5. The Morgan fingerprint density at radius 1 is 1.46 bits per heavy atom. The summed E-state index contributed by atoms with van der Waals surface area (Å²) < 4.78 is 1.86. The van der Waals surface area contributed by atoms with Gasteiger partial charge in [-0.2, -0.15) is 0 Å². The summed E-state index contributed by atoms with van der Waals surface area (Å²) in [5, 5.41) is 12.5. The molecule has 1 heterocycles. The molecule has 4 nitrogen and oxygen atoms in total. The van der Waals surface area contributed by atoms with Crippen LogP contribution >= 0.6 is 11.8 Å². The van der Waals surface area contributed by atoms with E-state index >= 15 is 0 Å². The summed E-state index contributed by atoms with van der Waals surface area (Å²) in [6.45, 7) is 6.35. The standard InChI is InChI=1S/C8H16N4S/c1-4-5-6-13-8-9-10-11-12(8)7(2)3/h7H,4-6H2,1-3H3. The van der Waals surface area contributed by atoms with Crippen LogP contribution in [0, 0.1) is 0 Å². The first-order valence-electron chi connectivity index (χ1n) is 4.66. The van der Waals surface area contributed by atoms with Crippen LogP contribution in [0.25, 0.3) is 0 Å². The number of aromatic nitrogens is 4. The van der Waals surface area contributed by atoms with Gasteiger partial charge in [0, 0.05) is 5.75 Å². The molecule has 5 heteroatoms. The van der Waals surface area contributed by atoms with E-state index in [0.29, 0.717) is 6.04 Å². The molecule has 74 valence electrons. The van der Waals surface area contributed by atoms with Gasteiger partial charge in [-0.3, -0.25) is 0 Å². The molecule has 0 radical (unpaired) electrons. The molecule has 1 rings (SSSR count). The van der Waals surface area contributed by atoms with Crippen molar-refractivity contribution in [3.05, 3.63) is 0 Å². The Morgan fingerprint density at radius 3 is 2.85 bits per heavy atom. The van der Waals surface area contributed by atoms with Gasteiger partial charge >= 0.3 is 0 Å². The molecule has 0 atom stereocenters. The van der Waals surface area contributed by atoms with Gasteiger partial charge in [0.25, 0.3) is 0 Å². The maximum absolute atomic E-state index is 3.97. The second-order valence-electron chi connectivity index (χ2n) is 3.20. The molecule has 0 saturated heterocycles. The van der Waals surface area contributed by atoms with Crippen LogP contribution in [0.2, 0.25) is 0 Å². The van der Waals surface area contributed by atoms with Gasteiger partial charge in [-0.15, -0.1) is 5.10 Å². The van der Waals surface area contributed by atoms with Crippen LogP contribution < -0.4 is 0 Å². The summed E-state index contributed by atoms with van der Waals surface area (Å²) in [6, 6.07) is 0.346. The average Bonchev–Trinajstić information content (AvgIpc) is 2.53. The summed E-state index contributed by atoms with van der Waals surface area (Å²) in [4.78, 5) is 0. The minimum Gasteiger partial charge on any atom is -0.218 e. The van der Waals surface area contributed by atoms with Gasteiger partial charge < -0.3 is 0 Å². The van der Waals surface area contributed by atoms with Crippen molar-refractivity contribution < 1.29 is 0 Å². The number of thioether (sulfide) groups is 1. The van der Waals surface area contributed by atoms with Crippen LogP contribution in [0.1, 0.15) is 39.7 Å². The molecular formula is C8H16N4S. The highest BCUT2D eigenvalue weighted by Gasteiger charge is 2.08. The molecule has 13 heavy (non-hydrogen) atoms. The minimum absolute atomic E-state index is 0.346. The normalized spacial score (nSPS) is 11.1. The first kappa shape index (κ1) is 10.5. The quantitative estimate of drug-likeness (QED) is 0.539. The van der Waals surface area contributed by atoms with E-state index in [1.807, 2.05) is 4.68 Å². The van der Waals surface area contributed by atoms with E-state index in [4.69, 9.17) is 0 Å². The monoisotopic (exact) mass is 200 g/mol. The van der Waals surface area contributed by atoms with Gasteiger partial charge in [0.2, 0.25) is 5.16 Å². The minimum atomic E-state index is 0.346. The van der Waals surface area contributed by atoms with Crippen LogP contribution in [0.3, 0.4) is 0 Å². The topological polar surface area (TPSA) is 43.6 Å². The maximum atomic E-state index is 3.97. The van der Waals surface area contributed by atoms with Crippen molar-refractivity contribution in [3.8, 4) is 0 Å². The lowest BCUT2D eigenvalue weighted by Crippen LogP contribution is -2.04. The maximum Gasteiger partial charge on any atom is 0.209 e. The molecule has 1 aromatic heterocycles. The Labute approximate surface area is 83.1 Å². The number of nitrogens with zero attached hydrogens (tertiary/aromatic N) is 4. The molecule has 0 aliphatic carbocycles. The van der Waals surface area contributed by atoms with Gasteiger partial charge in [-0.25, -0.2) is 4.68 Å². The van der Waals surface area contributed by atoms with Gasteiger partial charge in [0.05, 0.1) is 6.04 Å². The SMILES string of the molecule is CCCCSc1nnnn1C(C)C. The van der Waals surface area contributed by atoms with Crippen molar-refractivity contribution in [2.75, 3.05) is 5.75 Å². The van der Waals surface area contributed by atoms with Crippen molar-refractivity contribution in [1.29, 1.82) is 0 Å². The first-order valence-corrected chi connectivity index (χ1v) is 5.65. The molecular weight excluding hydrogens is 184 g/mol. The highest BCUT2D eigenvalue weighted by Crippen LogP contribution is 2.18. The Kier molecular flexibility index (Phi) is 4.21. The van der Waals surface area contributed by atoms with E-state index in [-0.39, 0.29) is 0 Å². The van der Waals surface area contributed by atoms with E-state index in [1.54, 1.807) is 11.8 Å². The number of hydrogen-bond acceptors (Lipinski definition) is 4. The Balaban J connectivity index is 2.50. The highest BCUT2D eigenvalue weighted by atomic mass is 32.2. The number of unbranched alkanes of at least 4 members (excludes halogenated alkanes) is 1. The van der Waals surface area contributed by atoms with Crippen LogP contribution in [-0.4, -0.2) is 26.0 Å². The highest BCUT2D eigenvalue weighted by molar-refractivity contribution is 7.99. The van der Waals surface area contributed by atoms with E-state index in [1.165, 1.54) is 12.8 Å². The predicted molar refractivity (Wildman–Crippen MR) is 53.8 cm³/mol. The van der Waals surface area contributed by atoms with E-state index in [9.17, 15) is 0 Å². The fraction of sp³-hybridized carbons (Fsp3) is 0.875. The second kappa shape index (κ2) is 5.21. The van der Waals surface area contributed by atoms with Crippen LogP contribution in [0.15, 0.2) is 5.16 Å². The Morgan fingerprint density at radius 2 is 2.23 bits per heavy atom. The molecule has 0 amide bonds. The molecule has 0 fully saturated rings. The van der Waals surface area contributed by atoms with Crippen LogP contribution in [0.4, 0.5) is 0 Å². The van der Waals surface area contributed by atoms with Crippen molar-refractivity contribution >= 4 is 11.8 Å². The molecule has 0 aliphatic rings.